The van der Waals surface area contributed by atoms with Crippen LogP contribution in [0.4, 0.5) is 0 Å². The zero-order chi connectivity index (χ0) is 13.9. The fourth-order valence-corrected chi connectivity index (χ4v) is 9.36. The predicted molar refractivity (Wildman–Crippen MR) is 91.9 cm³/mol. The molecule has 20 heavy (non-hydrogen) atoms. The second kappa shape index (κ2) is 7.13. The maximum absolute atomic E-state index is 2.54. The molecule has 0 aliphatic heterocycles. The van der Waals surface area contributed by atoms with Crippen LogP contribution in [-0.4, -0.2) is 18.0 Å². The van der Waals surface area contributed by atoms with E-state index in [1.165, 1.54) is 31.3 Å². The Kier molecular flexibility index (Phi) is 5.46. The van der Waals surface area contributed by atoms with Crippen molar-refractivity contribution >= 4 is 7.92 Å². The van der Waals surface area contributed by atoms with Crippen LogP contribution in [0, 0.1) is 23.7 Å². The molecule has 3 rings (SSSR count). The minimum atomic E-state index is 0.363. The highest BCUT2D eigenvalue weighted by molar-refractivity contribution is 7.58. The highest BCUT2D eigenvalue weighted by atomic mass is 31.1. The molecule has 0 radical (unpaired) electrons. The van der Waals surface area contributed by atoms with Crippen molar-refractivity contribution in [3.63, 3.8) is 0 Å². The van der Waals surface area contributed by atoms with Crippen LogP contribution < -0.4 is 0 Å². The summed E-state index contributed by atoms with van der Waals surface area (Å²) in [5, 5.41) is 0. The first kappa shape index (κ1) is 15.3. The van der Waals surface area contributed by atoms with Crippen molar-refractivity contribution in [1.29, 1.82) is 0 Å². The van der Waals surface area contributed by atoms with Crippen LogP contribution in [0.2, 0.25) is 0 Å². The minimum Gasteiger partial charge on any atom is -0.103 e. The Morgan fingerprint density at radius 2 is 1.15 bits per heavy atom. The lowest BCUT2D eigenvalue weighted by molar-refractivity contribution is 0.448. The van der Waals surface area contributed by atoms with Crippen molar-refractivity contribution in [3.05, 3.63) is 0 Å². The van der Waals surface area contributed by atoms with E-state index in [0.29, 0.717) is 7.92 Å². The Balaban J connectivity index is 1.60. The zero-order valence-electron chi connectivity index (χ0n) is 13.8. The second-order valence-electron chi connectivity index (χ2n) is 8.23. The summed E-state index contributed by atoms with van der Waals surface area (Å²) in [6, 6.07) is 0. The van der Waals surface area contributed by atoms with E-state index in [2.05, 4.69) is 13.8 Å². The molecule has 0 amide bonds. The molecule has 0 aromatic rings. The highest BCUT2D eigenvalue weighted by Crippen LogP contribution is 2.55. The van der Waals surface area contributed by atoms with Crippen molar-refractivity contribution < 1.29 is 0 Å². The molecule has 116 valence electrons. The maximum Gasteiger partial charge on any atom is -0.0209 e. The third-order valence-electron chi connectivity index (χ3n) is 6.86. The van der Waals surface area contributed by atoms with E-state index in [-0.39, 0.29) is 0 Å². The van der Waals surface area contributed by atoms with Gasteiger partial charge in [0.15, 0.2) is 0 Å². The van der Waals surface area contributed by atoms with E-state index in [4.69, 9.17) is 0 Å². The van der Waals surface area contributed by atoms with Gasteiger partial charge in [0.25, 0.3) is 0 Å². The molecule has 3 aliphatic carbocycles. The van der Waals surface area contributed by atoms with E-state index in [1.54, 1.807) is 50.8 Å². The van der Waals surface area contributed by atoms with Crippen LogP contribution in [0.5, 0.6) is 0 Å². The lowest BCUT2D eigenvalue weighted by Crippen LogP contribution is -2.19. The zero-order valence-corrected chi connectivity index (χ0v) is 14.7. The van der Waals surface area contributed by atoms with Gasteiger partial charge in [-0.15, -0.1) is 7.92 Å². The number of rotatable bonds is 5. The van der Waals surface area contributed by atoms with Gasteiger partial charge in [0, 0.05) is 0 Å². The molecule has 0 bridgehead atoms. The predicted octanol–water partition coefficient (Wildman–Crippen LogP) is 6.28. The first-order chi connectivity index (χ1) is 9.74. The summed E-state index contributed by atoms with van der Waals surface area (Å²) in [7, 11) is 0.363. The standard InChI is InChI=1S/C19H35P/c1-15-7-5-9-17(15)13-20(19-11-3-4-12-19)14-18-10-6-8-16(18)2/h15-19H,3-14H2,1-2H3. The van der Waals surface area contributed by atoms with Gasteiger partial charge in [0.05, 0.1) is 0 Å². The molecule has 3 saturated carbocycles. The van der Waals surface area contributed by atoms with E-state index in [1.807, 2.05) is 0 Å². The molecule has 3 aliphatic rings. The highest BCUT2D eigenvalue weighted by Gasteiger charge is 2.34. The molecule has 0 N–H and O–H groups in total. The average molecular weight is 294 g/mol. The molecule has 1 heteroatoms. The second-order valence-corrected chi connectivity index (χ2v) is 10.9. The smallest absolute Gasteiger partial charge is 0.0209 e. The van der Waals surface area contributed by atoms with Gasteiger partial charge in [-0.3, -0.25) is 0 Å². The van der Waals surface area contributed by atoms with Crippen LogP contribution in [0.1, 0.15) is 78.1 Å². The van der Waals surface area contributed by atoms with Crippen molar-refractivity contribution in [2.45, 2.75) is 83.7 Å². The topological polar surface area (TPSA) is 0 Å². The summed E-state index contributed by atoms with van der Waals surface area (Å²) in [5.74, 6) is 4.31. The fourth-order valence-electron chi connectivity index (χ4n) is 5.23. The molecule has 0 spiro atoms. The Labute approximate surface area is 128 Å². The maximum atomic E-state index is 2.54. The molecule has 4 unspecified atom stereocenters. The van der Waals surface area contributed by atoms with Crippen molar-refractivity contribution in [2.24, 2.45) is 23.7 Å². The molecule has 0 heterocycles. The first-order valence-corrected chi connectivity index (χ1v) is 11.3. The minimum absolute atomic E-state index is 0.363. The van der Waals surface area contributed by atoms with Crippen molar-refractivity contribution in [2.75, 3.05) is 12.3 Å². The molecule has 0 saturated heterocycles. The van der Waals surface area contributed by atoms with E-state index in [9.17, 15) is 0 Å². The van der Waals surface area contributed by atoms with Crippen molar-refractivity contribution in [3.8, 4) is 0 Å². The molecule has 3 fully saturated rings. The van der Waals surface area contributed by atoms with Crippen LogP contribution in [0.25, 0.3) is 0 Å². The SMILES string of the molecule is CC1CCCC1CP(CC1CCCC1C)C1CCCC1. The summed E-state index contributed by atoms with van der Waals surface area (Å²) in [4.78, 5) is 0. The summed E-state index contributed by atoms with van der Waals surface area (Å²) in [6.45, 7) is 5.08. The molecule has 0 aromatic heterocycles. The van der Waals surface area contributed by atoms with Gasteiger partial charge < -0.3 is 0 Å². The van der Waals surface area contributed by atoms with Crippen LogP contribution in [0.15, 0.2) is 0 Å². The summed E-state index contributed by atoms with van der Waals surface area (Å²) in [5.41, 5.74) is 1.17. The Bertz CT molecular complexity index is 272. The lowest BCUT2D eigenvalue weighted by Gasteiger charge is -2.32. The van der Waals surface area contributed by atoms with E-state index < -0.39 is 0 Å². The van der Waals surface area contributed by atoms with Gasteiger partial charge in [-0.25, -0.2) is 0 Å². The average Bonchev–Trinajstić information content (AvgIpc) is 3.14. The molecule has 0 aromatic carbocycles. The van der Waals surface area contributed by atoms with Gasteiger partial charge in [-0.05, 0) is 67.3 Å². The van der Waals surface area contributed by atoms with Gasteiger partial charge in [-0.1, -0.05) is 52.4 Å². The largest absolute Gasteiger partial charge is 0.103 e. The fraction of sp³-hybridized carbons (Fsp3) is 1.00. The van der Waals surface area contributed by atoms with Gasteiger partial charge in [0.1, 0.15) is 0 Å². The summed E-state index contributed by atoms with van der Waals surface area (Å²) >= 11 is 0. The van der Waals surface area contributed by atoms with Crippen LogP contribution in [0.3, 0.4) is 0 Å². The van der Waals surface area contributed by atoms with Crippen LogP contribution >= 0.6 is 7.92 Å². The number of hydrogen-bond donors (Lipinski definition) is 0. The summed E-state index contributed by atoms with van der Waals surface area (Å²) < 4.78 is 0. The molecular formula is C19H35P. The van der Waals surface area contributed by atoms with E-state index >= 15 is 0 Å². The molecule has 0 nitrogen and oxygen atoms in total. The lowest BCUT2D eigenvalue weighted by atomic mass is 10.0. The Morgan fingerprint density at radius 3 is 1.55 bits per heavy atom. The normalized spacial score (nSPS) is 40.5. The summed E-state index contributed by atoms with van der Waals surface area (Å²) in [6.07, 6.45) is 18.8. The van der Waals surface area contributed by atoms with Crippen LogP contribution in [-0.2, 0) is 0 Å². The van der Waals surface area contributed by atoms with Gasteiger partial charge in [0.2, 0.25) is 0 Å². The molecular weight excluding hydrogens is 259 g/mol. The quantitative estimate of drug-likeness (QED) is 0.523. The van der Waals surface area contributed by atoms with Crippen molar-refractivity contribution in [1.82, 2.24) is 0 Å². The number of hydrogen-bond acceptors (Lipinski definition) is 0. The third-order valence-corrected chi connectivity index (χ3v) is 10.3. The first-order valence-electron chi connectivity index (χ1n) is 9.48. The third kappa shape index (κ3) is 3.60. The Hall–Kier alpha value is 0.430. The Morgan fingerprint density at radius 1 is 0.650 bits per heavy atom. The molecule has 4 atom stereocenters. The van der Waals surface area contributed by atoms with E-state index in [0.717, 1.165) is 23.7 Å². The van der Waals surface area contributed by atoms with Gasteiger partial charge >= 0.3 is 0 Å². The van der Waals surface area contributed by atoms with Gasteiger partial charge in [-0.2, -0.15) is 0 Å². The monoisotopic (exact) mass is 294 g/mol.